The van der Waals surface area contributed by atoms with Gasteiger partial charge in [-0.15, -0.1) is 0 Å². The molecule has 1 saturated carbocycles. The maximum Gasteiger partial charge on any atom is 0.224 e. The fraction of sp³-hybridized carbons (Fsp3) is 0.333. The molecule has 130 valence electrons. The lowest BCUT2D eigenvalue weighted by molar-refractivity contribution is 0.281. The molecule has 0 atom stereocenters. The number of fused-ring (bicyclic) bond motifs is 1. The number of ether oxygens (including phenoxy) is 2. The molecule has 0 aliphatic heterocycles. The molecule has 1 aliphatic carbocycles. The Bertz CT molecular complexity index is 879. The monoisotopic (exact) mass is 359 g/mol. The first kappa shape index (κ1) is 16.0. The summed E-state index contributed by atoms with van der Waals surface area (Å²) < 4.78 is 16.7. The molecule has 0 unspecified atom stereocenters. The molecule has 7 heteroatoms. The van der Waals surface area contributed by atoms with E-state index in [1.165, 1.54) is 12.8 Å². The first-order valence-corrected chi connectivity index (χ1v) is 8.55. The van der Waals surface area contributed by atoms with E-state index in [4.69, 9.17) is 25.5 Å². The molecule has 4 rings (SSSR count). The number of hydrogen-bond acceptors (Lipinski definition) is 6. The molecule has 0 saturated heterocycles. The zero-order chi connectivity index (χ0) is 17.2. The van der Waals surface area contributed by atoms with Gasteiger partial charge in [0.1, 0.15) is 11.6 Å². The standard InChI is InChI=1S/C18H18ClN3O3/c1-23-15-8-14-13(7-16(15)25-10-11-4-5-11)17(22-18(19)21-14)20-9-12-3-2-6-24-12/h2-3,6-8,11H,4-5,9-10H2,1H3,(H,20,21,22). The highest BCUT2D eigenvalue weighted by Gasteiger charge is 2.23. The Hall–Kier alpha value is -2.47. The first-order chi connectivity index (χ1) is 12.2. The van der Waals surface area contributed by atoms with Crippen molar-refractivity contribution in [2.75, 3.05) is 19.0 Å². The SMILES string of the molecule is COc1cc2nc(Cl)nc(NCc3ccco3)c2cc1OCC1CC1. The molecule has 3 aromatic rings. The second-order valence-corrected chi connectivity index (χ2v) is 6.39. The van der Waals surface area contributed by atoms with Crippen LogP contribution >= 0.6 is 11.6 Å². The Balaban J connectivity index is 1.68. The summed E-state index contributed by atoms with van der Waals surface area (Å²) in [6.07, 6.45) is 4.09. The molecular weight excluding hydrogens is 342 g/mol. The number of nitrogens with one attached hydrogen (secondary N) is 1. The zero-order valence-electron chi connectivity index (χ0n) is 13.8. The number of anilines is 1. The van der Waals surface area contributed by atoms with Crippen molar-refractivity contribution in [3.8, 4) is 11.5 Å². The van der Waals surface area contributed by atoms with E-state index in [0.717, 1.165) is 11.1 Å². The summed E-state index contributed by atoms with van der Waals surface area (Å²) >= 11 is 6.07. The number of hydrogen-bond donors (Lipinski definition) is 1. The zero-order valence-corrected chi connectivity index (χ0v) is 14.5. The highest BCUT2D eigenvalue weighted by Crippen LogP contribution is 2.37. The van der Waals surface area contributed by atoms with Crippen LogP contribution in [-0.4, -0.2) is 23.7 Å². The summed E-state index contributed by atoms with van der Waals surface area (Å²) in [5.41, 5.74) is 0.692. The van der Waals surface area contributed by atoms with E-state index in [1.54, 1.807) is 13.4 Å². The second-order valence-electron chi connectivity index (χ2n) is 6.05. The van der Waals surface area contributed by atoms with Gasteiger partial charge in [-0.1, -0.05) is 0 Å². The quantitative estimate of drug-likeness (QED) is 0.635. The lowest BCUT2D eigenvalue weighted by Crippen LogP contribution is -2.04. The van der Waals surface area contributed by atoms with E-state index < -0.39 is 0 Å². The number of aromatic nitrogens is 2. The predicted molar refractivity (Wildman–Crippen MR) is 95.4 cm³/mol. The molecule has 0 bridgehead atoms. The molecular formula is C18H18ClN3O3. The number of furan rings is 1. The Morgan fingerprint density at radius 3 is 2.88 bits per heavy atom. The lowest BCUT2D eigenvalue weighted by atomic mass is 10.2. The minimum absolute atomic E-state index is 0.170. The molecule has 2 aromatic heterocycles. The largest absolute Gasteiger partial charge is 0.493 e. The Labute approximate surface area is 150 Å². The summed E-state index contributed by atoms with van der Waals surface area (Å²) in [6.45, 7) is 1.20. The molecule has 1 fully saturated rings. The molecule has 0 amide bonds. The smallest absolute Gasteiger partial charge is 0.224 e. The van der Waals surface area contributed by atoms with E-state index in [2.05, 4.69) is 15.3 Å². The summed E-state index contributed by atoms with van der Waals surface area (Å²) in [6, 6.07) is 7.46. The van der Waals surface area contributed by atoms with Crippen LogP contribution in [0.3, 0.4) is 0 Å². The van der Waals surface area contributed by atoms with Gasteiger partial charge in [0.25, 0.3) is 0 Å². The van der Waals surface area contributed by atoms with Gasteiger partial charge in [-0.25, -0.2) is 9.97 Å². The van der Waals surface area contributed by atoms with Crippen LogP contribution in [0, 0.1) is 5.92 Å². The second kappa shape index (κ2) is 6.80. The molecule has 0 radical (unpaired) electrons. The Morgan fingerprint density at radius 2 is 2.16 bits per heavy atom. The molecule has 1 aliphatic rings. The third-order valence-electron chi connectivity index (χ3n) is 4.14. The Kier molecular flexibility index (Phi) is 4.36. The van der Waals surface area contributed by atoms with E-state index in [0.29, 0.717) is 41.9 Å². The average molecular weight is 360 g/mol. The fourth-order valence-electron chi connectivity index (χ4n) is 2.59. The van der Waals surface area contributed by atoms with Crippen LogP contribution in [0.15, 0.2) is 34.9 Å². The van der Waals surface area contributed by atoms with Crippen molar-refractivity contribution in [3.63, 3.8) is 0 Å². The van der Waals surface area contributed by atoms with Gasteiger partial charge >= 0.3 is 0 Å². The van der Waals surface area contributed by atoms with Gasteiger partial charge in [0.2, 0.25) is 5.28 Å². The minimum Gasteiger partial charge on any atom is -0.493 e. The van der Waals surface area contributed by atoms with Crippen molar-refractivity contribution in [1.29, 1.82) is 0 Å². The maximum atomic E-state index is 6.07. The maximum absolute atomic E-state index is 6.07. The third-order valence-corrected chi connectivity index (χ3v) is 4.30. The van der Waals surface area contributed by atoms with Gasteiger partial charge in [0.05, 0.1) is 32.0 Å². The molecule has 6 nitrogen and oxygen atoms in total. The summed E-state index contributed by atoms with van der Waals surface area (Å²) in [5, 5.41) is 4.24. The molecule has 0 spiro atoms. The number of rotatable bonds is 7. The van der Waals surface area contributed by atoms with E-state index in [-0.39, 0.29) is 5.28 Å². The van der Waals surface area contributed by atoms with Crippen LogP contribution in [0.5, 0.6) is 11.5 Å². The van der Waals surface area contributed by atoms with Crippen LogP contribution in [0.25, 0.3) is 10.9 Å². The highest BCUT2D eigenvalue weighted by atomic mass is 35.5. The molecule has 25 heavy (non-hydrogen) atoms. The van der Waals surface area contributed by atoms with E-state index in [9.17, 15) is 0 Å². The van der Waals surface area contributed by atoms with Crippen LogP contribution in [-0.2, 0) is 6.54 Å². The van der Waals surface area contributed by atoms with Gasteiger partial charge in [-0.2, -0.15) is 0 Å². The van der Waals surface area contributed by atoms with Gasteiger partial charge < -0.3 is 19.2 Å². The van der Waals surface area contributed by atoms with E-state index >= 15 is 0 Å². The van der Waals surface area contributed by atoms with Gasteiger partial charge in [-0.05, 0) is 48.6 Å². The van der Waals surface area contributed by atoms with Crippen molar-refractivity contribution in [3.05, 3.63) is 41.6 Å². The molecule has 1 N–H and O–H groups in total. The fourth-order valence-corrected chi connectivity index (χ4v) is 2.77. The van der Waals surface area contributed by atoms with Crippen molar-refractivity contribution in [2.24, 2.45) is 5.92 Å². The van der Waals surface area contributed by atoms with Crippen molar-refractivity contribution < 1.29 is 13.9 Å². The molecule has 1 aromatic carbocycles. The third kappa shape index (κ3) is 3.64. The summed E-state index contributed by atoms with van der Waals surface area (Å²) in [5.74, 6) is 3.42. The topological polar surface area (TPSA) is 69.4 Å². The number of nitrogens with zero attached hydrogens (tertiary/aromatic N) is 2. The Morgan fingerprint density at radius 1 is 1.28 bits per heavy atom. The van der Waals surface area contributed by atoms with Crippen LogP contribution in [0.1, 0.15) is 18.6 Å². The van der Waals surface area contributed by atoms with Crippen molar-refractivity contribution in [2.45, 2.75) is 19.4 Å². The van der Waals surface area contributed by atoms with Crippen LogP contribution in [0.2, 0.25) is 5.28 Å². The number of benzene rings is 1. The first-order valence-electron chi connectivity index (χ1n) is 8.17. The van der Waals surface area contributed by atoms with Crippen molar-refractivity contribution in [1.82, 2.24) is 9.97 Å². The number of halogens is 1. The summed E-state index contributed by atoms with van der Waals surface area (Å²) in [4.78, 5) is 8.60. The van der Waals surface area contributed by atoms with Gasteiger partial charge in [-0.3, -0.25) is 0 Å². The van der Waals surface area contributed by atoms with Crippen LogP contribution < -0.4 is 14.8 Å². The lowest BCUT2D eigenvalue weighted by Gasteiger charge is -2.14. The van der Waals surface area contributed by atoms with Crippen LogP contribution in [0.4, 0.5) is 5.82 Å². The van der Waals surface area contributed by atoms with E-state index in [1.807, 2.05) is 24.3 Å². The number of methoxy groups -OCH3 is 1. The van der Waals surface area contributed by atoms with Gasteiger partial charge in [0, 0.05) is 11.5 Å². The molecule has 2 heterocycles. The average Bonchev–Trinajstić information content (AvgIpc) is 3.30. The van der Waals surface area contributed by atoms with Crippen molar-refractivity contribution >= 4 is 28.3 Å². The minimum atomic E-state index is 0.170. The van der Waals surface area contributed by atoms with Gasteiger partial charge in [0.15, 0.2) is 11.5 Å². The highest BCUT2D eigenvalue weighted by molar-refractivity contribution is 6.28. The summed E-state index contributed by atoms with van der Waals surface area (Å²) in [7, 11) is 1.62. The normalized spacial score (nSPS) is 13.8. The predicted octanol–water partition coefficient (Wildman–Crippen LogP) is 4.29.